The van der Waals surface area contributed by atoms with E-state index in [9.17, 15) is 58.5 Å². The molecule has 248 valence electrons. The first-order chi connectivity index (χ1) is 20.4. The lowest BCUT2D eigenvalue weighted by atomic mass is 9.96. The van der Waals surface area contributed by atoms with Gasteiger partial charge in [-0.25, -0.2) is 18.7 Å². The van der Waals surface area contributed by atoms with Crippen LogP contribution in [0.3, 0.4) is 0 Å². The monoisotopic (exact) mass is 677 g/mol. The molecule has 1 aromatic rings. The molecule has 24 heteroatoms. The SMILES string of the molecule is C=C(O[C@H]1[C@@H](O)[C@@H](CO)O[C@H](OP(=O)(O)OP(=O)(O)OC[C@H]2O[C@@H](n3ccc(=O)[nH]c3=O)[C@H](O)[C@@H]2O)[C@@H]1NC(C)=O)C(=O)O. The Morgan fingerprint density at radius 1 is 1.09 bits per heavy atom. The second-order valence-corrected chi connectivity index (χ2v) is 12.2. The number of aromatic amines is 1. The van der Waals surface area contributed by atoms with Crippen molar-refractivity contribution in [2.45, 2.75) is 62.1 Å². The van der Waals surface area contributed by atoms with Crippen LogP contribution in [0.4, 0.5) is 0 Å². The van der Waals surface area contributed by atoms with Crippen molar-refractivity contribution in [2.75, 3.05) is 13.2 Å². The second-order valence-electron chi connectivity index (χ2n) is 9.24. The Labute approximate surface area is 245 Å². The molecular formula is C20H29N3O19P2. The van der Waals surface area contributed by atoms with Gasteiger partial charge in [-0.2, -0.15) is 4.31 Å². The van der Waals surface area contributed by atoms with Crippen molar-refractivity contribution in [3.8, 4) is 0 Å². The van der Waals surface area contributed by atoms with E-state index >= 15 is 0 Å². The van der Waals surface area contributed by atoms with Crippen LogP contribution in [0.25, 0.3) is 0 Å². The van der Waals surface area contributed by atoms with Crippen LogP contribution in [0.5, 0.6) is 0 Å². The highest BCUT2D eigenvalue weighted by atomic mass is 31.3. The normalized spacial score (nSPS) is 33.1. The van der Waals surface area contributed by atoms with E-state index in [1.54, 1.807) is 0 Å². The zero-order valence-corrected chi connectivity index (χ0v) is 24.1. The van der Waals surface area contributed by atoms with Gasteiger partial charge in [0, 0.05) is 19.2 Å². The maximum Gasteiger partial charge on any atom is 0.483 e. The van der Waals surface area contributed by atoms with Gasteiger partial charge in [-0.15, -0.1) is 0 Å². The number of phosphoric acid groups is 2. The van der Waals surface area contributed by atoms with Gasteiger partial charge in [0.15, 0.2) is 24.4 Å². The molecule has 1 amide bonds. The van der Waals surface area contributed by atoms with Crippen molar-refractivity contribution in [3.63, 3.8) is 0 Å². The number of carboxylic acid groups (broad SMARTS) is 1. The average molecular weight is 677 g/mol. The van der Waals surface area contributed by atoms with Gasteiger partial charge in [0.25, 0.3) is 5.56 Å². The summed E-state index contributed by atoms with van der Waals surface area (Å²) in [6, 6.07) is -0.893. The third-order valence-electron chi connectivity index (χ3n) is 6.05. The zero-order chi connectivity index (χ0) is 33.1. The van der Waals surface area contributed by atoms with Crippen molar-refractivity contribution in [1.29, 1.82) is 0 Å². The van der Waals surface area contributed by atoms with Gasteiger partial charge in [0.05, 0.1) is 13.2 Å². The number of carboxylic acids is 1. The highest BCUT2D eigenvalue weighted by Crippen LogP contribution is 2.61. The number of ether oxygens (including phenoxy) is 3. The smallest absolute Gasteiger partial charge is 0.478 e. The van der Waals surface area contributed by atoms with E-state index in [4.69, 9.17) is 23.8 Å². The summed E-state index contributed by atoms with van der Waals surface area (Å²) in [6.45, 7) is 1.98. The highest BCUT2D eigenvalue weighted by Gasteiger charge is 2.52. The third kappa shape index (κ3) is 8.67. The summed E-state index contributed by atoms with van der Waals surface area (Å²) in [5.41, 5.74) is -1.80. The molecule has 1 aromatic heterocycles. The van der Waals surface area contributed by atoms with Crippen LogP contribution in [0.2, 0.25) is 0 Å². The number of hydrogen-bond acceptors (Lipinski definition) is 16. The molecule has 0 radical (unpaired) electrons. The van der Waals surface area contributed by atoms with Crippen molar-refractivity contribution >= 4 is 27.5 Å². The number of nitrogens with zero attached hydrogens (tertiary/aromatic N) is 1. The Morgan fingerprint density at radius 3 is 2.32 bits per heavy atom. The Hall–Kier alpha value is -2.82. The summed E-state index contributed by atoms with van der Waals surface area (Å²) < 4.78 is 55.0. The molecule has 2 saturated heterocycles. The molecule has 0 aromatic carbocycles. The van der Waals surface area contributed by atoms with E-state index in [2.05, 4.69) is 20.7 Å². The first-order valence-corrected chi connectivity index (χ1v) is 15.2. The summed E-state index contributed by atoms with van der Waals surface area (Å²) in [5.74, 6) is -3.52. The molecule has 3 heterocycles. The molecule has 0 aliphatic carbocycles. The fourth-order valence-electron chi connectivity index (χ4n) is 4.10. The minimum atomic E-state index is -5.76. The standard InChI is InChI=1S/C20H29N3O19P2/c1-7(18(30)31)38-16-12(21-8(2)25)19(40-9(5-24)14(16)28)41-44(35,36)42-43(33,34)37-6-10-13(27)15(29)17(39-10)23-4-3-11(26)22-20(23)32/h3-4,9-10,12-17,19,24,27-29H,1,5-6H2,2H3,(H,21,25)(H,30,31)(H,33,34)(H,35,36)(H,22,26,32)/t9-,10-,12-,13-,14+,15-,16-,17-,19-/m1/s1. The highest BCUT2D eigenvalue weighted by molar-refractivity contribution is 7.61. The largest absolute Gasteiger partial charge is 0.483 e. The van der Waals surface area contributed by atoms with Gasteiger partial charge in [0.1, 0.15) is 36.6 Å². The molecule has 9 N–H and O–H groups in total. The molecule has 11 atom stereocenters. The fourth-order valence-corrected chi connectivity index (χ4v) is 6.26. The van der Waals surface area contributed by atoms with E-state index in [1.165, 1.54) is 0 Å². The molecule has 0 saturated carbocycles. The molecule has 2 unspecified atom stereocenters. The predicted molar refractivity (Wildman–Crippen MR) is 136 cm³/mol. The number of aliphatic carboxylic acids is 1. The first kappa shape index (κ1) is 35.7. The molecule has 0 bridgehead atoms. The molecular weight excluding hydrogens is 648 g/mol. The van der Waals surface area contributed by atoms with Crippen LogP contribution < -0.4 is 16.6 Å². The quantitative estimate of drug-likeness (QED) is 0.0545. The van der Waals surface area contributed by atoms with Crippen molar-refractivity contribution in [3.05, 3.63) is 45.4 Å². The van der Waals surface area contributed by atoms with Crippen molar-refractivity contribution < 1.29 is 81.6 Å². The van der Waals surface area contributed by atoms with Gasteiger partial charge < -0.3 is 54.8 Å². The number of nitrogens with one attached hydrogen (secondary N) is 2. The average Bonchev–Trinajstić information content (AvgIpc) is 3.18. The number of carbonyl (C=O) groups is 2. The number of aliphatic hydroxyl groups is 4. The lowest BCUT2D eigenvalue weighted by Crippen LogP contribution is -2.65. The van der Waals surface area contributed by atoms with E-state index in [0.717, 1.165) is 19.2 Å². The van der Waals surface area contributed by atoms with Gasteiger partial charge in [-0.05, 0) is 6.58 Å². The van der Waals surface area contributed by atoms with Crippen LogP contribution in [0.15, 0.2) is 34.2 Å². The molecule has 2 fully saturated rings. The molecule has 3 rings (SSSR count). The number of amides is 1. The van der Waals surface area contributed by atoms with Crippen LogP contribution in [0.1, 0.15) is 13.2 Å². The van der Waals surface area contributed by atoms with Crippen molar-refractivity contribution in [2.24, 2.45) is 0 Å². The van der Waals surface area contributed by atoms with Crippen molar-refractivity contribution in [1.82, 2.24) is 14.9 Å². The minimum Gasteiger partial charge on any atom is -0.478 e. The summed E-state index contributed by atoms with van der Waals surface area (Å²) in [7, 11) is -11.4. The summed E-state index contributed by atoms with van der Waals surface area (Å²) >= 11 is 0. The Balaban J connectivity index is 1.72. The number of aromatic nitrogens is 2. The lowest BCUT2D eigenvalue weighted by Gasteiger charge is -2.43. The van der Waals surface area contributed by atoms with E-state index in [0.29, 0.717) is 4.57 Å². The Bertz CT molecular complexity index is 1450. The molecule has 0 spiro atoms. The molecule has 2 aliphatic heterocycles. The number of aliphatic hydroxyl groups excluding tert-OH is 4. The molecule has 22 nitrogen and oxygen atoms in total. The van der Waals surface area contributed by atoms with E-state index < -0.39 is 113 Å². The fraction of sp³-hybridized carbons (Fsp3) is 0.600. The van der Waals surface area contributed by atoms with Gasteiger partial charge in [-0.3, -0.25) is 28.2 Å². The zero-order valence-electron chi connectivity index (χ0n) is 22.3. The first-order valence-electron chi connectivity index (χ1n) is 12.2. The summed E-state index contributed by atoms with van der Waals surface area (Å²) in [5, 5.41) is 51.7. The Morgan fingerprint density at radius 2 is 1.75 bits per heavy atom. The van der Waals surface area contributed by atoms with E-state index in [-0.39, 0.29) is 0 Å². The lowest BCUT2D eigenvalue weighted by molar-refractivity contribution is -0.251. The maximum atomic E-state index is 12.7. The van der Waals surface area contributed by atoms with Gasteiger partial charge >= 0.3 is 27.3 Å². The molecule has 44 heavy (non-hydrogen) atoms. The number of hydrogen-bond donors (Lipinski definition) is 9. The van der Waals surface area contributed by atoms with Gasteiger partial charge in [-0.1, -0.05) is 0 Å². The second kappa shape index (κ2) is 14.1. The number of phosphoric ester groups is 2. The van der Waals surface area contributed by atoms with Crippen LogP contribution >= 0.6 is 15.6 Å². The summed E-state index contributed by atoms with van der Waals surface area (Å²) in [4.78, 5) is 68.4. The number of H-pyrrole nitrogens is 1. The number of carbonyl (C=O) groups excluding carboxylic acids is 1. The topological polar surface area (TPSA) is 332 Å². The number of rotatable bonds is 13. The van der Waals surface area contributed by atoms with E-state index in [1.807, 2.05) is 4.98 Å². The third-order valence-corrected chi connectivity index (χ3v) is 8.65. The Kier molecular flexibility index (Phi) is 11.4. The van der Waals surface area contributed by atoms with Gasteiger partial charge in [0.2, 0.25) is 5.91 Å². The van der Waals surface area contributed by atoms with Crippen LogP contribution in [-0.2, 0) is 46.3 Å². The summed E-state index contributed by atoms with van der Waals surface area (Å²) in [6.07, 6.45) is -13.5. The predicted octanol–water partition coefficient (Wildman–Crippen LogP) is -4.03. The minimum absolute atomic E-state index is 0.703. The molecule has 2 aliphatic rings. The van der Waals surface area contributed by atoms with Crippen LogP contribution in [0, 0.1) is 0 Å². The van der Waals surface area contributed by atoms with Crippen LogP contribution in [-0.4, -0.2) is 119 Å². The maximum absolute atomic E-state index is 12.7.